The molecule has 1 saturated heterocycles. The number of halogens is 2. The number of anilines is 1. The van der Waals surface area contributed by atoms with Crippen LogP contribution in [0.3, 0.4) is 0 Å². The minimum absolute atomic E-state index is 0.0466. The lowest BCUT2D eigenvalue weighted by Crippen LogP contribution is -2.44. The Morgan fingerprint density at radius 1 is 1.14 bits per heavy atom. The molecule has 3 aromatic rings. The summed E-state index contributed by atoms with van der Waals surface area (Å²) in [7, 11) is -4.03. The fourth-order valence-electron chi connectivity index (χ4n) is 4.23. The van der Waals surface area contributed by atoms with Crippen molar-refractivity contribution >= 4 is 33.8 Å². The van der Waals surface area contributed by atoms with Crippen molar-refractivity contribution < 1.29 is 26.5 Å². The highest BCUT2D eigenvalue weighted by Gasteiger charge is 2.37. The summed E-state index contributed by atoms with van der Waals surface area (Å²) in [4.78, 5) is 12.7. The highest BCUT2D eigenvalue weighted by atomic mass is 32.2. The number of nitrogens with zero attached hydrogens (tertiary/aromatic N) is 2. The molecule has 190 valence electrons. The molecule has 1 fully saturated rings. The number of hydrogen-bond acceptors (Lipinski definition) is 5. The molecule has 0 saturated carbocycles. The van der Waals surface area contributed by atoms with E-state index in [-0.39, 0.29) is 35.1 Å². The Kier molecular flexibility index (Phi) is 7.37. The zero-order valence-electron chi connectivity index (χ0n) is 20.2. The van der Waals surface area contributed by atoms with Gasteiger partial charge in [0.25, 0.3) is 0 Å². The summed E-state index contributed by atoms with van der Waals surface area (Å²) in [5.41, 5.74) is 3.08. The molecular formula is C26H27F2N3O4S. The van der Waals surface area contributed by atoms with Gasteiger partial charge in [-0.2, -0.15) is 4.31 Å². The molecule has 1 aliphatic heterocycles. The van der Waals surface area contributed by atoms with Gasteiger partial charge >= 0.3 is 0 Å². The molecule has 1 amide bonds. The number of benzene rings is 2. The highest BCUT2D eigenvalue weighted by Crippen LogP contribution is 2.30. The quantitative estimate of drug-likeness (QED) is 0.494. The van der Waals surface area contributed by atoms with Crippen LogP contribution in [0.2, 0.25) is 0 Å². The van der Waals surface area contributed by atoms with Crippen LogP contribution in [0.15, 0.2) is 45.8 Å². The molecule has 1 N–H and O–H groups in total. The zero-order valence-corrected chi connectivity index (χ0v) is 21.0. The van der Waals surface area contributed by atoms with Crippen molar-refractivity contribution in [3.05, 3.63) is 76.2 Å². The molecule has 0 spiro atoms. The van der Waals surface area contributed by atoms with Crippen molar-refractivity contribution in [1.29, 1.82) is 0 Å². The van der Waals surface area contributed by atoms with Gasteiger partial charge in [0.15, 0.2) is 10.7 Å². The maximum Gasteiger partial charge on any atom is 0.248 e. The van der Waals surface area contributed by atoms with Gasteiger partial charge in [0.2, 0.25) is 15.9 Å². The molecule has 0 aliphatic carbocycles. The van der Waals surface area contributed by atoms with E-state index in [4.69, 9.17) is 4.52 Å². The van der Waals surface area contributed by atoms with E-state index < -0.39 is 33.5 Å². The number of sulfonamides is 1. The smallest absolute Gasteiger partial charge is 0.248 e. The summed E-state index contributed by atoms with van der Waals surface area (Å²) in [6.07, 6.45) is 4.25. The fourth-order valence-corrected chi connectivity index (χ4v) is 6.01. The zero-order chi connectivity index (χ0) is 26.0. The standard InChI is InChI=1S/C26H27F2N3O4S/c1-16-6-7-17(2)19(13-16)8-11-24-25(18(3)30-35-24)36(33,34)31-12-4-5-20(15-31)26(32)29-23-10-9-21(27)14-22(23)28/h6-11,13-14,20H,4-5,12,15H2,1-3H3,(H,29,32)/b11-8+. The molecule has 0 radical (unpaired) electrons. The van der Waals surface area contributed by atoms with E-state index in [2.05, 4.69) is 10.5 Å². The SMILES string of the molecule is Cc1ccc(C)c(/C=C/c2onc(C)c2S(=O)(=O)N2CCCC(C(=O)Nc3ccc(F)cc3F)C2)c1. The van der Waals surface area contributed by atoms with Gasteiger partial charge in [-0.1, -0.05) is 35.0 Å². The first-order valence-corrected chi connectivity index (χ1v) is 13.0. The number of rotatable bonds is 6. The summed E-state index contributed by atoms with van der Waals surface area (Å²) in [5.74, 6) is -2.78. The van der Waals surface area contributed by atoms with Crippen LogP contribution in [0.25, 0.3) is 12.2 Å². The van der Waals surface area contributed by atoms with Gasteiger partial charge in [0, 0.05) is 19.2 Å². The molecule has 1 aliphatic rings. The number of carbonyl (C=O) groups is 1. The number of hydrogen-bond donors (Lipinski definition) is 1. The highest BCUT2D eigenvalue weighted by molar-refractivity contribution is 7.89. The second kappa shape index (κ2) is 10.3. The van der Waals surface area contributed by atoms with Crippen molar-refractivity contribution in [3.63, 3.8) is 0 Å². The predicted octanol–water partition coefficient (Wildman–Crippen LogP) is 5.09. The number of aryl methyl sites for hydroxylation is 3. The van der Waals surface area contributed by atoms with Gasteiger partial charge < -0.3 is 9.84 Å². The van der Waals surface area contributed by atoms with E-state index in [0.29, 0.717) is 18.9 Å². The van der Waals surface area contributed by atoms with Crippen molar-refractivity contribution in [1.82, 2.24) is 9.46 Å². The van der Waals surface area contributed by atoms with Crippen molar-refractivity contribution in [3.8, 4) is 0 Å². The summed E-state index contributed by atoms with van der Waals surface area (Å²) in [6, 6.07) is 8.81. The molecule has 0 bridgehead atoms. The lowest BCUT2D eigenvalue weighted by Gasteiger charge is -2.31. The number of amides is 1. The minimum Gasteiger partial charge on any atom is -0.355 e. The first-order valence-electron chi connectivity index (χ1n) is 11.5. The second-order valence-corrected chi connectivity index (χ2v) is 10.8. The summed E-state index contributed by atoms with van der Waals surface area (Å²) >= 11 is 0. The average molecular weight is 516 g/mol. The lowest BCUT2D eigenvalue weighted by molar-refractivity contribution is -0.120. The van der Waals surface area contributed by atoms with Gasteiger partial charge in [0.05, 0.1) is 11.6 Å². The van der Waals surface area contributed by atoms with E-state index in [1.165, 1.54) is 4.31 Å². The van der Waals surface area contributed by atoms with Gasteiger partial charge in [-0.05, 0) is 62.9 Å². The number of nitrogens with one attached hydrogen (secondary N) is 1. The molecule has 7 nitrogen and oxygen atoms in total. The van der Waals surface area contributed by atoms with Crippen LogP contribution in [-0.2, 0) is 14.8 Å². The average Bonchev–Trinajstić information content (AvgIpc) is 3.22. The van der Waals surface area contributed by atoms with E-state index in [1.807, 2.05) is 32.0 Å². The van der Waals surface area contributed by atoms with Crippen LogP contribution < -0.4 is 5.32 Å². The molecule has 1 atom stereocenters. The largest absolute Gasteiger partial charge is 0.355 e. The molecule has 2 heterocycles. The van der Waals surface area contributed by atoms with E-state index in [1.54, 1.807) is 19.1 Å². The van der Waals surface area contributed by atoms with Gasteiger partial charge in [-0.3, -0.25) is 4.79 Å². The lowest BCUT2D eigenvalue weighted by atomic mass is 9.98. The molecule has 1 unspecified atom stereocenters. The van der Waals surface area contributed by atoms with E-state index >= 15 is 0 Å². The Morgan fingerprint density at radius 2 is 1.92 bits per heavy atom. The molecule has 36 heavy (non-hydrogen) atoms. The normalized spacial score (nSPS) is 17.0. The molecule has 2 aromatic carbocycles. The van der Waals surface area contributed by atoms with Crippen LogP contribution in [0, 0.1) is 38.3 Å². The van der Waals surface area contributed by atoms with Crippen molar-refractivity contribution in [2.24, 2.45) is 5.92 Å². The number of aromatic nitrogens is 1. The predicted molar refractivity (Wildman–Crippen MR) is 133 cm³/mol. The fraction of sp³-hybridized carbons (Fsp3) is 0.308. The summed E-state index contributed by atoms with van der Waals surface area (Å²) < 4.78 is 60.9. The van der Waals surface area contributed by atoms with Gasteiger partial charge in [-0.15, -0.1) is 0 Å². The Morgan fingerprint density at radius 3 is 2.67 bits per heavy atom. The maximum absolute atomic E-state index is 14.0. The summed E-state index contributed by atoms with van der Waals surface area (Å²) in [5, 5.41) is 6.31. The Hall–Kier alpha value is -3.37. The van der Waals surface area contributed by atoms with Crippen molar-refractivity contribution in [2.75, 3.05) is 18.4 Å². The first-order chi connectivity index (χ1) is 17.1. The molecule has 4 rings (SSSR count). The topological polar surface area (TPSA) is 92.5 Å². The van der Waals surface area contributed by atoms with Crippen LogP contribution in [-0.4, -0.2) is 36.9 Å². The van der Waals surface area contributed by atoms with Crippen molar-refractivity contribution in [2.45, 2.75) is 38.5 Å². The Bertz CT molecular complexity index is 1430. The number of piperidine rings is 1. The molecule has 10 heteroatoms. The molecular weight excluding hydrogens is 488 g/mol. The Labute approximate surface area is 208 Å². The van der Waals surface area contributed by atoms with E-state index in [0.717, 1.165) is 28.8 Å². The Balaban J connectivity index is 1.55. The summed E-state index contributed by atoms with van der Waals surface area (Å²) in [6.45, 7) is 5.62. The molecule has 1 aromatic heterocycles. The first kappa shape index (κ1) is 25.7. The maximum atomic E-state index is 14.0. The monoisotopic (exact) mass is 515 g/mol. The van der Waals surface area contributed by atoms with Crippen LogP contribution in [0.5, 0.6) is 0 Å². The third-order valence-corrected chi connectivity index (χ3v) is 8.25. The second-order valence-electron chi connectivity index (χ2n) is 8.97. The van der Waals surface area contributed by atoms with Crippen LogP contribution in [0.4, 0.5) is 14.5 Å². The van der Waals surface area contributed by atoms with Crippen LogP contribution >= 0.6 is 0 Å². The number of carbonyl (C=O) groups excluding carboxylic acids is 1. The third-order valence-electron chi connectivity index (χ3n) is 6.22. The third kappa shape index (κ3) is 5.39. The van der Waals surface area contributed by atoms with Gasteiger partial charge in [-0.25, -0.2) is 17.2 Å². The van der Waals surface area contributed by atoms with Gasteiger partial charge in [0.1, 0.15) is 17.3 Å². The minimum atomic E-state index is -4.03. The van der Waals surface area contributed by atoms with Crippen LogP contribution in [0.1, 0.15) is 41.0 Å². The van der Waals surface area contributed by atoms with E-state index in [9.17, 15) is 22.0 Å².